The lowest BCUT2D eigenvalue weighted by atomic mass is 9.66. The van der Waals surface area contributed by atoms with Gasteiger partial charge in [0.25, 0.3) is 0 Å². The molecule has 2 aliphatic carbocycles. The van der Waals surface area contributed by atoms with Crippen LogP contribution in [0.15, 0.2) is 70.4 Å². The minimum atomic E-state index is -1.61. The van der Waals surface area contributed by atoms with E-state index in [0.717, 1.165) is 48.6 Å². The Morgan fingerprint density at radius 2 is 2.05 bits per heavy atom. The third kappa shape index (κ3) is 6.76. The second kappa shape index (κ2) is 12.5. The fourth-order valence-electron chi connectivity index (χ4n) is 6.23. The second-order valence-electron chi connectivity index (χ2n) is 11.4. The van der Waals surface area contributed by atoms with Crippen LogP contribution in [0.1, 0.15) is 50.2 Å². The number of allylic oxidation sites excluding steroid dienone is 3. The van der Waals surface area contributed by atoms with Crippen molar-refractivity contribution in [1.29, 1.82) is 0 Å². The summed E-state index contributed by atoms with van der Waals surface area (Å²) >= 11 is 6.39. The highest BCUT2D eigenvalue weighted by Crippen LogP contribution is 2.43. The van der Waals surface area contributed by atoms with Crippen LogP contribution >= 0.6 is 11.6 Å². The number of aliphatic hydroxyl groups is 1. The van der Waals surface area contributed by atoms with Crippen LogP contribution in [0.25, 0.3) is 0 Å². The van der Waals surface area contributed by atoms with Crippen LogP contribution in [0.3, 0.4) is 0 Å². The molecular weight excluding hydrogens is 532 g/mol. The topological polar surface area (TPSA) is 79.2 Å². The number of aliphatic hydroxyl groups excluding tert-OH is 1. The molecule has 1 fully saturated rings. The first-order valence-corrected chi connectivity index (χ1v) is 15.7. The van der Waals surface area contributed by atoms with Crippen LogP contribution in [0.5, 0.6) is 0 Å². The smallest absolute Gasteiger partial charge is 0.249 e. The van der Waals surface area contributed by atoms with E-state index in [-0.39, 0.29) is 23.8 Å². The van der Waals surface area contributed by atoms with E-state index < -0.39 is 22.6 Å². The summed E-state index contributed by atoms with van der Waals surface area (Å²) < 4.78 is 23.1. The third-order valence-electron chi connectivity index (χ3n) is 8.38. The molecule has 5 atom stereocenters. The van der Waals surface area contributed by atoms with Crippen molar-refractivity contribution in [2.45, 2.75) is 64.1 Å². The Balaban J connectivity index is 1.55. The van der Waals surface area contributed by atoms with E-state index in [9.17, 15) is 14.1 Å². The highest BCUT2D eigenvalue weighted by molar-refractivity contribution is 7.75. The number of aryl methyl sites for hydroxylation is 1. The molecule has 2 bridgehead atoms. The van der Waals surface area contributed by atoms with Crippen molar-refractivity contribution in [2.24, 2.45) is 22.1 Å². The van der Waals surface area contributed by atoms with Crippen molar-refractivity contribution in [2.75, 3.05) is 18.9 Å². The molecule has 39 heavy (non-hydrogen) atoms. The van der Waals surface area contributed by atoms with Crippen molar-refractivity contribution in [1.82, 2.24) is 4.90 Å². The van der Waals surface area contributed by atoms with Gasteiger partial charge in [0.1, 0.15) is 5.76 Å². The van der Waals surface area contributed by atoms with E-state index in [0.29, 0.717) is 37.3 Å². The van der Waals surface area contributed by atoms with Crippen molar-refractivity contribution in [3.05, 3.63) is 82.1 Å². The Bertz CT molecular complexity index is 1300. The van der Waals surface area contributed by atoms with Gasteiger partial charge in [-0.1, -0.05) is 66.6 Å². The lowest BCUT2D eigenvalue weighted by Crippen LogP contribution is -2.48. The predicted molar refractivity (Wildman–Crippen MR) is 155 cm³/mol. The van der Waals surface area contributed by atoms with Crippen LogP contribution in [-0.2, 0) is 37.3 Å². The van der Waals surface area contributed by atoms with E-state index in [4.69, 9.17) is 16.3 Å². The number of ether oxygens (including phenoxy) is 1. The molecule has 0 saturated heterocycles. The number of hydrogen-bond donors (Lipinski definition) is 1. The molecule has 1 saturated carbocycles. The minimum absolute atomic E-state index is 0.0231. The fourth-order valence-corrected chi connectivity index (χ4v) is 7.43. The lowest BCUT2D eigenvalue weighted by molar-refractivity contribution is -0.114. The molecule has 5 rings (SSSR count). The molecule has 1 aromatic carbocycles. The van der Waals surface area contributed by atoms with Gasteiger partial charge < -0.3 is 18.4 Å². The van der Waals surface area contributed by atoms with Crippen molar-refractivity contribution in [3.8, 4) is 0 Å². The van der Waals surface area contributed by atoms with Gasteiger partial charge in [-0.2, -0.15) is 10.6 Å². The maximum absolute atomic E-state index is 13.1. The van der Waals surface area contributed by atoms with Crippen LogP contribution in [0, 0.1) is 17.8 Å². The van der Waals surface area contributed by atoms with Gasteiger partial charge in [0.15, 0.2) is 0 Å². The molecule has 1 aromatic rings. The van der Waals surface area contributed by atoms with Gasteiger partial charge in [0.05, 0.1) is 18.8 Å². The van der Waals surface area contributed by atoms with Crippen molar-refractivity contribution >= 4 is 28.1 Å². The summed E-state index contributed by atoms with van der Waals surface area (Å²) in [6, 6.07) is 5.94. The van der Waals surface area contributed by atoms with Crippen LogP contribution in [0.2, 0.25) is 5.02 Å². The van der Waals surface area contributed by atoms with E-state index in [2.05, 4.69) is 28.0 Å². The lowest BCUT2D eigenvalue weighted by Gasteiger charge is -2.46. The third-order valence-corrected chi connectivity index (χ3v) is 9.84. The quantitative estimate of drug-likeness (QED) is 0.311. The van der Waals surface area contributed by atoms with Gasteiger partial charge in [-0.15, -0.1) is 0 Å². The van der Waals surface area contributed by atoms with Gasteiger partial charge in [0.2, 0.25) is 5.91 Å². The molecule has 2 heterocycles. The van der Waals surface area contributed by atoms with Crippen LogP contribution in [-0.4, -0.2) is 47.0 Å². The summed E-state index contributed by atoms with van der Waals surface area (Å²) in [4.78, 5) is 15.5. The zero-order chi connectivity index (χ0) is 27.5. The Kier molecular flexibility index (Phi) is 9.12. The Labute approximate surface area is 238 Å². The zero-order valence-corrected chi connectivity index (χ0v) is 24.1. The highest BCUT2D eigenvalue weighted by Gasteiger charge is 2.41. The minimum Gasteiger partial charge on any atom is -0.496 e. The number of carbonyl (C=O) groups is 1. The molecule has 1 unspecified atom stereocenters. The average molecular weight is 570 g/mol. The SMILES string of the molecule is C=C1C[C@H]2CN3Cc4ccc(Cl)cc4CCCCOC4=CC=C(CC43)C(=O)N=[S-](=O)C[C@@H](C)C/C=C/[C@H](O)[C@H]12. The normalized spacial score (nSPS) is 32.1. The first kappa shape index (κ1) is 28.3. The van der Waals surface area contributed by atoms with Crippen LogP contribution < -0.4 is 0 Å². The van der Waals surface area contributed by atoms with Gasteiger partial charge >= 0.3 is 0 Å². The number of fused-ring (bicyclic) bond motifs is 3. The molecule has 1 N–H and O–H groups in total. The second-order valence-corrected chi connectivity index (χ2v) is 13.0. The van der Waals surface area contributed by atoms with E-state index in [1.165, 1.54) is 11.1 Å². The number of rotatable bonds is 0. The van der Waals surface area contributed by atoms with Crippen LogP contribution in [0.4, 0.5) is 0 Å². The Hall–Kier alpha value is -2.19. The zero-order valence-electron chi connectivity index (χ0n) is 22.6. The number of amides is 1. The molecule has 2 aliphatic heterocycles. The number of carbonyl (C=O) groups excluding carboxylic acids is 1. The first-order valence-electron chi connectivity index (χ1n) is 14.0. The summed E-state index contributed by atoms with van der Waals surface area (Å²) in [7, 11) is -1.61. The van der Waals surface area contributed by atoms with Crippen molar-refractivity contribution < 1.29 is 18.8 Å². The van der Waals surface area contributed by atoms with Gasteiger partial charge in [-0.25, -0.2) is 0 Å². The molecule has 1 amide bonds. The summed E-state index contributed by atoms with van der Waals surface area (Å²) in [6.07, 6.45) is 11.7. The predicted octanol–water partition coefficient (Wildman–Crippen LogP) is 5.90. The summed E-state index contributed by atoms with van der Waals surface area (Å²) in [5.74, 6) is 1.01. The fraction of sp³-hybridized carbons (Fsp3) is 0.516. The molecular formula is C31H38ClN2O4S-. The molecule has 0 spiro atoms. The summed E-state index contributed by atoms with van der Waals surface area (Å²) in [5, 5.41) is 11.8. The molecule has 4 aliphatic rings. The Morgan fingerprint density at radius 3 is 2.87 bits per heavy atom. The molecule has 8 heteroatoms. The first-order chi connectivity index (χ1) is 18.8. The molecule has 210 valence electrons. The number of benzene rings is 1. The summed E-state index contributed by atoms with van der Waals surface area (Å²) in [6.45, 7) is 8.23. The monoisotopic (exact) mass is 569 g/mol. The number of hydrogen-bond acceptors (Lipinski definition) is 6. The number of halogens is 1. The van der Waals surface area contributed by atoms with E-state index >= 15 is 0 Å². The Morgan fingerprint density at radius 1 is 1.21 bits per heavy atom. The van der Waals surface area contributed by atoms with Gasteiger partial charge in [-0.05, 0) is 67.4 Å². The van der Waals surface area contributed by atoms with E-state index in [1.807, 2.05) is 31.2 Å². The van der Waals surface area contributed by atoms with Gasteiger partial charge in [0, 0.05) is 36.0 Å². The highest BCUT2D eigenvalue weighted by atomic mass is 35.5. The molecule has 0 radical (unpaired) electrons. The standard InChI is InChI=1S/C31H38ClN2O4S/c1-20-6-5-8-28(35)30-21(2)14-25(30)18-34-17-24-9-11-26(32)15-22(24)7-3-4-13-38-29-12-10-23(16-27(29)34)31(36)33-39(37)19-20/h5,8-12,15,20,25,27-28,30,35H,2-4,6-7,13-14,16-19H2,1H3/q-1/b8-5+/t20-,25-,27?,28-,30+/m0/s1. The largest absolute Gasteiger partial charge is 0.496 e. The maximum atomic E-state index is 13.1. The van der Waals surface area contributed by atoms with Gasteiger partial charge in [-0.3, -0.25) is 9.69 Å². The maximum Gasteiger partial charge on any atom is 0.249 e. The summed E-state index contributed by atoms with van der Waals surface area (Å²) in [5.41, 5.74) is 4.07. The average Bonchev–Trinajstić information content (AvgIpc) is 2.90. The number of nitrogens with zero attached hydrogens (tertiary/aromatic N) is 2. The van der Waals surface area contributed by atoms with Crippen molar-refractivity contribution in [3.63, 3.8) is 0 Å². The molecule has 6 nitrogen and oxygen atoms in total. The van der Waals surface area contributed by atoms with E-state index in [1.54, 1.807) is 6.08 Å². The molecule has 0 aromatic heterocycles.